The molecular weight excluding hydrogens is 292 g/mol. The van der Waals surface area contributed by atoms with Crippen LogP contribution in [0.1, 0.15) is 38.9 Å². The second-order valence-electron chi connectivity index (χ2n) is 5.94. The van der Waals surface area contributed by atoms with Crippen molar-refractivity contribution in [3.05, 3.63) is 17.9 Å². The van der Waals surface area contributed by atoms with Crippen LogP contribution in [-0.4, -0.2) is 32.2 Å². The monoisotopic (exact) mass is 316 g/mol. The molecular formula is C14H24N2O4S. The number of furan rings is 1. The molecule has 2 rings (SSSR count). The molecule has 0 aliphatic heterocycles. The topological polar surface area (TPSA) is 91.6 Å². The van der Waals surface area contributed by atoms with E-state index >= 15 is 0 Å². The maximum atomic E-state index is 12.1. The summed E-state index contributed by atoms with van der Waals surface area (Å²) < 4.78 is 32.2. The van der Waals surface area contributed by atoms with Crippen LogP contribution in [0.5, 0.6) is 0 Å². The first-order chi connectivity index (χ1) is 9.87. The van der Waals surface area contributed by atoms with Gasteiger partial charge in [-0.3, -0.25) is 0 Å². The average Bonchev–Trinajstić information content (AvgIpc) is 3.03. The van der Waals surface area contributed by atoms with Gasteiger partial charge in [-0.15, -0.1) is 0 Å². The number of hydrogen-bond donors (Lipinski definition) is 3. The van der Waals surface area contributed by atoms with E-state index in [0.717, 1.165) is 12.8 Å². The molecule has 1 aromatic rings. The van der Waals surface area contributed by atoms with Gasteiger partial charge in [0.2, 0.25) is 5.09 Å². The van der Waals surface area contributed by atoms with E-state index in [9.17, 15) is 13.5 Å². The van der Waals surface area contributed by atoms with Crippen molar-refractivity contribution >= 4 is 10.0 Å². The standard InChI is InChI=1S/C14H24N2O4S/c1-10(2)15-9-13-5-6-14(20-13)21(18,19)16-8-11-3-4-12(17)7-11/h5-6,10-12,15-17H,3-4,7-9H2,1-2H3. The molecule has 7 heteroatoms. The zero-order valence-corrected chi connectivity index (χ0v) is 13.3. The molecule has 3 N–H and O–H groups in total. The first kappa shape index (κ1) is 16.5. The number of aliphatic hydroxyl groups excluding tert-OH is 1. The Morgan fingerprint density at radius 3 is 2.76 bits per heavy atom. The predicted molar refractivity (Wildman–Crippen MR) is 79.2 cm³/mol. The lowest BCUT2D eigenvalue weighted by Gasteiger charge is -2.10. The SMILES string of the molecule is CC(C)NCc1ccc(S(=O)(=O)NCC2CCC(O)C2)o1. The van der Waals surface area contributed by atoms with Gasteiger partial charge in [0.1, 0.15) is 5.76 Å². The van der Waals surface area contributed by atoms with Crippen molar-refractivity contribution in [1.29, 1.82) is 0 Å². The normalized spacial score (nSPS) is 23.0. The van der Waals surface area contributed by atoms with Crippen LogP contribution in [0.3, 0.4) is 0 Å². The summed E-state index contributed by atoms with van der Waals surface area (Å²) in [5, 5.41) is 12.6. The second kappa shape index (κ2) is 6.91. The van der Waals surface area contributed by atoms with Gasteiger partial charge in [-0.05, 0) is 37.3 Å². The summed E-state index contributed by atoms with van der Waals surface area (Å²) in [6, 6.07) is 3.45. The summed E-state index contributed by atoms with van der Waals surface area (Å²) in [6.45, 7) is 4.87. The Morgan fingerprint density at radius 2 is 2.14 bits per heavy atom. The van der Waals surface area contributed by atoms with Gasteiger partial charge in [-0.1, -0.05) is 13.8 Å². The van der Waals surface area contributed by atoms with Crippen molar-refractivity contribution in [2.24, 2.45) is 5.92 Å². The Bertz CT molecular complexity index is 553. The number of nitrogens with one attached hydrogen (secondary N) is 2. The summed E-state index contributed by atoms with van der Waals surface area (Å²) in [7, 11) is -3.61. The van der Waals surface area contributed by atoms with Crippen LogP contribution in [0, 0.1) is 5.92 Å². The van der Waals surface area contributed by atoms with E-state index in [1.54, 1.807) is 6.07 Å². The van der Waals surface area contributed by atoms with Crippen molar-refractivity contribution in [1.82, 2.24) is 10.0 Å². The van der Waals surface area contributed by atoms with Crippen molar-refractivity contribution in [2.45, 2.75) is 56.9 Å². The molecule has 0 spiro atoms. The third kappa shape index (κ3) is 4.81. The van der Waals surface area contributed by atoms with Gasteiger partial charge >= 0.3 is 0 Å². The Labute approximate surface area is 126 Å². The Balaban J connectivity index is 1.90. The molecule has 0 bridgehead atoms. The van der Waals surface area contributed by atoms with E-state index in [4.69, 9.17) is 4.42 Å². The molecule has 1 aliphatic rings. The Kier molecular flexibility index (Phi) is 5.43. The lowest BCUT2D eigenvalue weighted by Crippen LogP contribution is -2.28. The molecule has 120 valence electrons. The summed E-state index contributed by atoms with van der Waals surface area (Å²) in [6.07, 6.45) is 1.96. The molecule has 0 amide bonds. The fourth-order valence-corrected chi connectivity index (χ4v) is 3.50. The van der Waals surface area contributed by atoms with Crippen LogP contribution < -0.4 is 10.0 Å². The summed E-state index contributed by atoms with van der Waals surface area (Å²) in [5.74, 6) is 0.798. The largest absolute Gasteiger partial charge is 0.447 e. The average molecular weight is 316 g/mol. The van der Waals surface area contributed by atoms with Gasteiger partial charge in [0.05, 0.1) is 12.6 Å². The molecule has 2 unspecified atom stereocenters. The molecule has 6 nitrogen and oxygen atoms in total. The van der Waals surface area contributed by atoms with Crippen LogP contribution >= 0.6 is 0 Å². The fourth-order valence-electron chi connectivity index (χ4n) is 2.44. The first-order valence-corrected chi connectivity index (χ1v) is 8.85. The minimum atomic E-state index is -3.61. The molecule has 1 heterocycles. The highest BCUT2D eigenvalue weighted by Gasteiger charge is 2.26. The highest BCUT2D eigenvalue weighted by molar-refractivity contribution is 7.89. The third-order valence-corrected chi connectivity index (χ3v) is 4.96. The lowest BCUT2D eigenvalue weighted by molar-refractivity contribution is 0.178. The number of hydrogen-bond acceptors (Lipinski definition) is 5. The van der Waals surface area contributed by atoms with Crippen LogP contribution in [0.15, 0.2) is 21.6 Å². The quantitative estimate of drug-likeness (QED) is 0.703. The van der Waals surface area contributed by atoms with Crippen LogP contribution in [0.2, 0.25) is 0 Å². The smallest absolute Gasteiger partial charge is 0.273 e. The van der Waals surface area contributed by atoms with E-state index in [2.05, 4.69) is 10.0 Å². The number of rotatable bonds is 7. The number of sulfonamides is 1. The maximum absolute atomic E-state index is 12.1. The van der Waals surface area contributed by atoms with E-state index < -0.39 is 10.0 Å². The van der Waals surface area contributed by atoms with Gasteiger partial charge in [-0.2, -0.15) is 0 Å². The fraction of sp³-hybridized carbons (Fsp3) is 0.714. The first-order valence-electron chi connectivity index (χ1n) is 7.36. The molecule has 1 fully saturated rings. The lowest BCUT2D eigenvalue weighted by atomic mass is 10.1. The van der Waals surface area contributed by atoms with Crippen molar-refractivity contribution in [3.8, 4) is 0 Å². The Hall–Kier alpha value is -0.890. The summed E-state index contributed by atoms with van der Waals surface area (Å²) >= 11 is 0. The van der Waals surface area contributed by atoms with E-state index in [0.29, 0.717) is 31.3 Å². The molecule has 1 aromatic heterocycles. The van der Waals surface area contributed by atoms with Gasteiger partial charge in [-0.25, -0.2) is 13.1 Å². The molecule has 0 aromatic carbocycles. The molecule has 2 atom stereocenters. The molecule has 1 aliphatic carbocycles. The van der Waals surface area contributed by atoms with Gasteiger partial charge in [0.25, 0.3) is 10.0 Å². The maximum Gasteiger partial charge on any atom is 0.273 e. The summed E-state index contributed by atoms with van der Waals surface area (Å²) in [4.78, 5) is 0. The van der Waals surface area contributed by atoms with Crippen LogP contribution in [-0.2, 0) is 16.6 Å². The van der Waals surface area contributed by atoms with Crippen molar-refractivity contribution < 1.29 is 17.9 Å². The van der Waals surface area contributed by atoms with Crippen molar-refractivity contribution in [2.75, 3.05) is 6.54 Å². The summed E-state index contributed by atoms with van der Waals surface area (Å²) in [5.41, 5.74) is 0. The van der Waals surface area contributed by atoms with Crippen LogP contribution in [0.4, 0.5) is 0 Å². The zero-order valence-electron chi connectivity index (χ0n) is 12.5. The second-order valence-corrected chi connectivity index (χ2v) is 7.64. The highest BCUT2D eigenvalue weighted by atomic mass is 32.2. The van der Waals surface area contributed by atoms with E-state index in [1.165, 1.54) is 6.07 Å². The molecule has 1 saturated carbocycles. The van der Waals surface area contributed by atoms with Gasteiger partial charge in [0.15, 0.2) is 0 Å². The van der Waals surface area contributed by atoms with Crippen LogP contribution in [0.25, 0.3) is 0 Å². The predicted octanol–water partition coefficient (Wildman–Crippen LogP) is 1.22. The van der Waals surface area contributed by atoms with Gasteiger partial charge in [0, 0.05) is 12.6 Å². The minimum absolute atomic E-state index is 0.0541. The van der Waals surface area contributed by atoms with Crippen molar-refractivity contribution in [3.63, 3.8) is 0 Å². The van der Waals surface area contributed by atoms with Gasteiger partial charge < -0.3 is 14.8 Å². The molecule has 0 radical (unpaired) electrons. The van der Waals surface area contributed by atoms with E-state index in [1.807, 2.05) is 13.8 Å². The van der Waals surface area contributed by atoms with E-state index in [-0.39, 0.29) is 17.1 Å². The third-order valence-electron chi connectivity index (χ3n) is 3.66. The minimum Gasteiger partial charge on any atom is -0.447 e. The Morgan fingerprint density at radius 1 is 1.38 bits per heavy atom. The highest BCUT2D eigenvalue weighted by Crippen LogP contribution is 2.25. The zero-order chi connectivity index (χ0) is 15.5. The molecule has 0 saturated heterocycles. The number of aliphatic hydroxyl groups is 1. The molecule has 21 heavy (non-hydrogen) atoms.